The normalized spacial score (nSPS) is 10.8. The standard InChI is InChI=1S/C16H19N3O2S/c1-20-10-9-17-16(22)19-18-11-14-13-6-4-3-5-12(13)7-8-15(14)21-2/h3-8,11H,9-10H2,1-2H3,(H2,17,19,22). The minimum absolute atomic E-state index is 0.451. The predicted molar refractivity (Wildman–Crippen MR) is 93.7 cm³/mol. The highest BCUT2D eigenvalue weighted by molar-refractivity contribution is 7.80. The summed E-state index contributed by atoms with van der Waals surface area (Å²) < 4.78 is 10.3. The Morgan fingerprint density at radius 1 is 1.23 bits per heavy atom. The Bertz CT molecular complexity index is 673. The maximum atomic E-state index is 5.41. The Morgan fingerprint density at radius 3 is 2.82 bits per heavy atom. The number of nitrogens with zero attached hydrogens (tertiary/aromatic N) is 1. The van der Waals surface area contributed by atoms with E-state index in [1.807, 2.05) is 30.3 Å². The number of hydrazone groups is 1. The van der Waals surface area contributed by atoms with Crippen LogP contribution in [0.15, 0.2) is 41.5 Å². The molecule has 0 fully saturated rings. The first-order valence-corrected chi connectivity index (χ1v) is 7.28. The maximum Gasteiger partial charge on any atom is 0.187 e. The topological polar surface area (TPSA) is 54.9 Å². The van der Waals surface area contributed by atoms with Gasteiger partial charge in [0.2, 0.25) is 0 Å². The monoisotopic (exact) mass is 317 g/mol. The summed E-state index contributed by atoms with van der Waals surface area (Å²) in [6.07, 6.45) is 1.71. The van der Waals surface area contributed by atoms with Gasteiger partial charge in [-0.2, -0.15) is 5.10 Å². The molecular weight excluding hydrogens is 298 g/mol. The van der Waals surface area contributed by atoms with Gasteiger partial charge in [-0.25, -0.2) is 0 Å². The molecule has 5 nitrogen and oxygen atoms in total. The molecule has 0 radical (unpaired) electrons. The van der Waals surface area contributed by atoms with E-state index in [0.29, 0.717) is 18.3 Å². The molecule has 2 aromatic rings. The second-order valence-corrected chi connectivity index (χ2v) is 4.93. The summed E-state index contributed by atoms with van der Waals surface area (Å²) >= 11 is 5.12. The lowest BCUT2D eigenvalue weighted by molar-refractivity contribution is 0.204. The number of fused-ring (bicyclic) bond motifs is 1. The van der Waals surface area contributed by atoms with Gasteiger partial charge in [0.25, 0.3) is 0 Å². The second-order valence-electron chi connectivity index (χ2n) is 4.52. The van der Waals surface area contributed by atoms with Crippen molar-refractivity contribution in [1.29, 1.82) is 0 Å². The molecular formula is C16H19N3O2S. The third-order valence-corrected chi connectivity index (χ3v) is 3.34. The first kappa shape index (κ1) is 16.2. The average molecular weight is 317 g/mol. The fourth-order valence-electron chi connectivity index (χ4n) is 2.05. The number of thiocarbonyl (C=S) groups is 1. The Balaban J connectivity index is 2.13. The van der Waals surface area contributed by atoms with Crippen LogP contribution in [-0.2, 0) is 4.74 Å². The summed E-state index contributed by atoms with van der Waals surface area (Å²) in [7, 11) is 3.29. The summed E-state index contributed by atoms with van der Waals surface area (Å²) in [6.45, 7) is 1.22. The van der Waals surface area contributed by atoms with Gasteiger partial charge in [-0.3, -0.25) is 5.43 Å². The van der Waals surface area contributed by atoms with Crippen LogP contribution in [0.5, 0.6) is 5.75 Å². The van der Waals surface area contributed by atoms with E-state index >= 15 is 0 Å². The molecule has 2 N–H and O–H groups in total. The smallest absolute Gasteiger partial charge is 0.187 e. The Hall–Kier alpha value is -2.18. The van der Waals surface area contributed by atoms with Crippen molar-refractivity contribution in [3.63, 3.8) is 0 Å². The number of methoxy groups -OCH3 is 2. The Morgan fingerprint density at radius 2 is 2.05 bits per heavy atom. The molecule has 0 saturated carbocycles. The van der Waals surface area contributed by atoms with Gasteiger partial charge in [0.05, 0.1) is 19.9 Å². The summed E-state index contributed by atoms with van der Waals surface area (Å²) in [5.74, 6) is 0.766. The molecule has 0 bridgehead atoms. The molecule has 2 rings (SSSR count). The summed E-state index contributed by atoms with van der Waals surface area (Å²) in [5.41, 5.74) is 3.69. The first-order valence-electron chi connectivity index (χ1n) is 6.88. The van der Waals surface area contributed by atoms with E-state index in [9.17, 15) is 0 Å². The van der Waals surface area contributed by atoms with Crippen molar-refractivity contribution in [2.24, 2.45) is 5.10 Å². The lowest BCUT2D eigenvalue weighted by Crippen LogP contribution is -2.34. The van der Waals surface area contributed by atoms with Crippen LogP contribution >= 0.6 is 12.2 Å². The van der Waals surface area contributed by atoms with Crippen molar-refractivity contribution in [3.8, 4) is 5.75 Å². The molecule has 0 amide bonds. The number of ether oxygens (including phenoxy) is 2. The van der Waals surface area contributed by atoms with Gasteiger partial charge >= 0.3 is 0 Å². The van der Waals surface area contributed by atoms with E-state index in [4.69, 9.17) is 21.7 Å². The van der Waals surface area contributed by atoms with E-state index in [-0.39, 0.29) is 0 Å². The molecule has 0 aliphatic rings. The first-order chi connectivity index (χ1) is 10.8. The van der Waals surface area contributed by atoms with Crippen molar-refractivity contribution in [1.82, 2.24) is 10.7 Å². The average Bonchev–Trinajstić information content (AvgIpc) is 2.55. The fraction of sp³-hybridized carbons (Fsp3) is 0.250. The molecule has 0 atom stereocenters. The van der Waals surface area contributed by atoms with Crippen LogP contribution in [0.25, 0.3) is 10.8 Å². The van der Waals surface area contributed by atoms with E-state index < -0.39 is 0 Å². The molecule has 0 spiro atoms. The Kier molecular flexibility index (Phi) is 6.12. The third kappa shape index (κ3) is 4.16. The molecule has 2 aromatic carbocycles. The summed E-state index contributed by atoms with van der Waals surface area (Å²) in [4.78, 5) is 0. The van der Waals surface area contributed by atoms with Crippen LogP contribution in [0.4, 0.5) is 0 Å². The molecule has 0 saturated heterocycles. The van der Waals surface area contributed by atoms with Gasteiger partial charge in [0.1, 0.15) is 5.75 Å². The number of benzene rings is 2. The quantitative estimate of drug-likeness (QED) is 0.370. The van der Waals surface area contributed by atoms with Crippen molar-refractivity contribution >= 4 is 34.3 Å². The fourth-order valence-corrected chi connectivity index (χ4v) is 2.20. The van der Waals surface area contributed by atoms with Crippen LogP contribution in [0, 0.1) is 0 Å². The van der Waals surface area contributed by atoms with Gasteiger partial charge in [0, 0.05) is 19.2 Å². The zero-order chi connectivity index (χ0) is 15.8. The molecule has 0 unspecified atom stereocenters. The van der Waals surface area contributed by atoms with Crippen LogP contribution < -0.4 is 15.5 Å². The highest BCUT2D eigenvalue weighted by atomic mass is 32.1. The number of hydrogen-bond donors (Lipinski definition) is 2. The predicted octanol–water partition coefficient (Wildman–Crippen LogP) is 2.29. The molecule has 0 aliphatic heterocycles. The number of hydrogen-bond acceptors (Lipinski definition) is 4. The van der Waals surface area contributed by atoms with Crippen LogP contribution in [-0.4, -0.2) is 38.7 Å². The van der Waals surface area contributed by atoms with E-state index in [0.717, 1.165) is 22.1 Å². The lowest BCUT2D eigenvalue weighted by Gasteiger charge is -2.09. The molecule has 116 valence electrons. The highest BCUT2D eigenvalue weighted by Crippen LogP contribution is 2.26. The maximum absolute atomic E-state index is 5.41. The van der Waals surface area contributed by atoms with Crippen LogP contribution in [0.2, 0.25) is 0 Å². The molecule has 0 aliphatic carbocycles. The zero-order valence-corrected chi connectivity index (χ0v) is 13.4. The summed E-state index contributed by atoms with van der Waals surface area (Å²) in [5, 5.41) is 9.82. The molecule has 22 heavy (non-hydrogen) atoms. The highest BCUT2D eigenvalue weighted by Gasteiger charge is 2.05. The van der Waals surface area contributed by atoms with Crippen molar-refractivity contribution < 1.29 is 9.47 Å². The number of nitrogens with one attached hydrogen (secondary N) is 2. The summed E-state index contributed by atoms with van der Waals surface area (Å²) in [6, 6.07) is 12.0. The van der Waals surface area contributed by atoms with E-state index in [1.165, 1.54) is 0 Å². The Labute approximate surface area is 135 Å². The molecule has 0 heterocycles. The van der Waals surface area contributed by atoms with Crippen molar-refractivity contribution in [2.45, 2.75) is 0 Å². The molecule has 0 aromatic heterocycles. The van der Waals surface area contributed by atoms with Crippen molar-refractivity contribution in [3.05, 3.63) is 42.0 Å². The minimum Gasteiger partial charge on any atom is -0.496 e. The second kappa shape index (κ2) is 8.31. The minimum atomic E-state index is 0.451. The van der Waals surface area contributed by atoms with Gasteiger partial charge in [-0.1, -0.05) is 30.3 Å². The SMILES string of the molecule is COCCNC(=S)NN=Cc1c(OC)ccc2ccccc12. The van der Waals surface area contributed by atoms with Crippen LogP contribution in [0.3, 0.4) is 0 Å². The van der Waals surface area contributed by atoms with Crippen molar-refractivity contribution in [2.75, 3.05) is 27.4 Å². The lowest BCUT2D eigenvalue weighted by atomic mass is 10.0. The van der Waals surface area contributed by atoms with Crippen LogP contribution in [0.1, 0.15) is 5.56 Å². The zero-order valence-electron chi connectivity index (χ0n) is 12.6. The van der Waals surface area contributed by atoms with E-state index in [2.05, 4.69) is 21.9 Å². The van der Waals surface area contributed by atoms with Gasteiger partial charge in [-0.05, 0) is 29.1 Å². The van der Waals surface area contributed by atoms with E-state index in [1.54, 1.807) is 20.4 Å². The van der Waals surface area contributed by atoms with Gasteiger partial charge in [0.15, 0.2) is 5.11 Å². The van der Waals surface area contributed by atoms with Gasteiger partial charge in [-0.15, -0.1) is 0 Å². The third-order valence-electron chi connectivity index (χ3n) is 3.10. The number of rotatable bonds is 6. The largest absolute Gasteiger partial charge is 0.496 e. The molecule has 6 heteroatoms. The van der Waals surface area contributed by atoms with Gasteiger partial charge < -0.3 is 14.8 Å².